The number of anilines is 3. The number of benzene rings is 11. The third kappa shape index (κ3) is 28.9. The Balaban J connectivity index is 0.000000207. The van der Waals surface area contributed by atoms with Crippen LogP contribution in [0.1, 0.15) is 164 Å². The summed E-state index contributed by atoms with van der Waals surface area (Å²) in [5.74, 6) is 2.03. The average Bonchev–Trinajstić information content (AvgIpc) is 0.792. The minimum atomic E-state index is -3.80. The third-order valence-corrected chi connectivity index (χ3v) is 28.2. The van der Waals surface area contributed by atoms with E-state index in [-0.39, 0.29) is 50.7 Å². The number of aryl methyl sites for hydroxylation is 4. The Hall–Kier alpha value is -7.29. The number of aromatic hydroxyl groups is 1. The van der Waals surface area contributed by atoms with Gasteiger partial charge in [-0.1, -0.05) is 261 Å². The van der Waals surface area contributed by atoms with Crippen molar-refractivity contribution in [3.63, 3.8) is 0 Å². The molecular formula is C95H100Br6Cl2N4O9S3. The molecule has 0 aromatic heterocycles. The average molecular weight is 2090 g/mol. The van der Waals surface area contributed by atoms with Gasteiger partial charge in [0.05, 0.1) is 27.9 Å². The van der Waals surface area contributed by atoms with Crippen LogP contribution in [0.15, 0.2) is 255 Å². The smallest absolute Gasteiger partial charge is 0.255 e. The van der Waals surface area contributed by atoms with Gasteiger partial charge in [0, 0.05) is 49.0 Å². The predicted octanol–water partition coefficient (Wildman–Crippen LogP) is 27.1. The summed E-state index contributed by atoms with van der Waals surface area (Å²) in [5, 5.41) is 17.3. The van der Waals surface area contributed by atoms with Crippen LogP contribution < -0.4 is 30.0 Å². The lowest BCUT2D eigenvalue weighted by Crippen LogP contribution is -2.31. The zero-order chi connectivity index (χ0) is 82.8. The van der Waals surface area contributed by atoms with Crippen LogP contribution in [0.3, 0.4) is 0 Å². The van der Waals surface area contributed by atoms with E-state index in [0.717, 1.165) is 157 Å². The molecule has 0 fully saturated rings. The van der Waals surface area contributed by atoms with Gasteiger partial charge in [-0.15, -0.1) is 12.4 Å². The van der Waals surface area contributed by atoms with E-state index >= 15 is 0 Å². The summed E-state index contributed by atoms with van der Waals surface area (Å²) >= 11 is 22.0. The van der Waals surface area contributed by atoms with E-state index in [1.807, 2.05) is 117 Å². The van der Waals surface area contributed by atoms with Crippen molar-refractivity contribution in [2.24, 2.45) is 0 Å². The standard InChI is InChI=1S/C34H33Br2NO3S.C26H27Br2NO.C25H24Br2N2O3S.C8H7ClO2S.2CH4.ClH/c1-23-11-13-26(14-12-23)22-40-34-20-29-10-6-9-28(17-27-18-31(35)24(2)32(36)19-27)30(29)21-33(34)37-41(38,39)16-15-25-7-4-3-5-8-25;1-16-6-8-18(9-7-16)15-30-26-13-21-5-3-4-20(22(21)14-25(26)29)10-19-11-23(27)17(2)24(28)12-19;1-16-21(26)11-18(12-22(16)27)13-23-20-15-24(25(30)14-19(20)7-9-28-23)29-33(31,32)10-8-17-5-3-2-4-6-17;9-12(10,11)7-6-8-4-2-1-3-5-8;;;/h3-5,7-8,11-16,18-21,28,37H,6,9-10,17,22H2,1-2H3;6-9,11-14,20H,3-5,10,15,29H2,1-2H3;2-6,8,10-12,14-15,23,28-30H,7,9,13H2,1H3;1-7H;2*1H4;1H/b16-15+;;10-8+;7-6+;;;. The lowest BCUT2D eigenvalue weighted by molar-refractivity contribution is 0.307. The molecule has 13 nitrogen and oxygen atoms in total. The molecule has 11 aromatic rings. The Morgan fingerprint density at radius 2 is 0.807 bits per heavy atom. The molecule has 0 spiro atoms. The molecule has 628 valence electrons. The van der Waals surface area contributed by atoms with Crippen molar-refractivity contribution in [1.82, 2.24) is 5.32 Å². The van der Waals surface area contributed by atoms with Crippen molar-refractivity contribution >= 4 is 183 Å². The molecule has 119 heavy (non-hydrogen) atoms. The van der Waals surface area contributed by atoms with Gasteiger partial charge in [-0.3, -0.25) is 9.44 Å². The van der Waals surface area contributed by atoms with Crippen molar-refractivity contribution in [1.29, 1.82) is 0 Å². The maximum atomic E-state index is 13.2. The van der Waals surface area contributed by atoms with Gasteiger partial charge in [-0.25, -0.2) is 25.3 Å². The molecule has 24 heteroatoms. The number of halogens is 8. The molecule has 2 aliphatic carbocycles. The quantitative estimate of drug-likeness (QED) is 0.0245. The van der Waals surface area contributed by atoms with E-state index < -0.39 is 29.1 Å². The fourth-order valence-electron chi connectivity index (χ4n) is 14.1. The highest BCUT2D eigenvalue weighted by Crippen LogP contribution is 2.44. The monoisotopic (exact) mass is 2080 g/mol. The largest absolute Gasteiger partial charge is 0.506 e. The number of hydrogen-bond acceptors (Lipinski definition) is 11. The molecule has 0 amide bonds. The maximum Gasteiger partial charge on any atom is 0.255 e. The number of phenols is 1. The minimum Gasteiger partial charge on any atom is -0.506 e. The zero-order valence-corrected chi connectivity index (χ0v) is 78.7. The summed E-state index contributed by atoms with van der Waals surface area (Å²) in [4.78, 5) is 0. The van der Waals surface area contributed by atoms with E-state index in [9.17, 15) is 30.4 Å². The highest BCUT2D eigenvalue weighted by Gasteiger charge is 2.28. The summed E-state index contributed by atoms with van der Waals surface area (Å²) < 4.78 is 96.9. The molecule has 1 aliphatic heterocycles. The lowest BCUT2D eigenvalue weighted by atomic mass is 9.79. The van der Waals surface area contributed by atoms with Crippen LogP contribution in [0.4, 0.5) is 17.1 Å². The summed E-state index contributed by atoms with van der Waals surface area (Å²) in [7, 11) is -6.15. The predicted molar refractivity (Wildman–Crippen MR) is 520 cm³/mol. The van der Waals surface area contributed by atoms with Gasteiger partial charge in [-0.2, -0.15) is 0 Å². The van der Waals surface area contributed by atoms with Gasteiger partial charge in [0.2, 0.25) is 0 Å². The topological polar surface area (TPSA) is 203 Å². The van der Waals surface area contributed by atoms with Crippen molar-refractivity contribution in [2.45, 2.75) is 145 Å². The summed E-state index contributed by atoms with van der Waals surface area (Å²) in [5.41, 5.74) is 29.2. The molecule has 14 rings (SSSR count). The first-order valence-corrected chi connectivity index (χ1v) is 48.2. The van der Waals surface area contributed by atoms with Crippen LogP contribution in [0, 0.1) is 34.6 Å². The molecule has 3 atom stereocenters. The highest BCUT2D eigenvalue weighted by atomic mass is 79.9. The Morgan fingerprint density at radius 3 is 1.23 bits per heavy atom. The lowest BCUT2D eigenvalue weighted by Gasteiger charge is -2.28. The second kappa shape index (κ2) is 45.2. The van der Waals surface area contributed by atoms with Crippen LogP contribution in [0.5, 0.6) is 17.2 Å². The van der Waals surface area contributed by atoms with Gasteiger partial charge >= 0.3 is 0 Å². The second-order valence-electron chi connectivity index (χ2n) is 29.3. The van der Waals surface area contributed by atoms with E-state index in [1.54, 1.807) is 30.3 Å². The molecule has 0 radical (unpaired) electrons. The number of nitrogens with one attached hydrogen (secondary N) is 3. The van der Waals surface area contributed by atoms with Gasteiger partial charge in [0.25, 0.3) is 29.1 Å². The second-order valence-corrected chi connectivity index (χ2v) is 40.0. The maximum absolute atomic E-state index is 13.2. The fraction of sp³-hybridized carbons (Fsp3) is 0.242. The Kier molecular flexibility index (Phi) is 36.9. The number of hydrogen-bond donors (Lipinski definition) is 5. The van der Waals surface area contributed by atoms with E-state index in [2.05, 4.69) is 216 Å². The number of ether oxygens (including phenoxy) is 2. The first-order chi connectivity index (χ1) is 55.4. The van der Waals surface area contributed by atoms with Crippen LogP contribution in [-0.4, -0.2) is 36.9 Å². The van der Waals surface area contributed by atoms with Gasteiger partial charge in [0.15, 0.2) is 0 Å². The molecule has 11 aromatic carbocycles. The molecule has 0 bridgehead atoms. The zero-order valence-electron chi connectivity index (χ0n) is 65.2. The van der Waals surface area contributed by atoms with Crippen LogP contribution in [0.2, 0.25) is 0 Å². The van der Waals surface area contributed by atoms with Gasteiger partial charge in [-0.05, 0) is 303 Å². The highest BCUT2D eigenvalue weighted by molar-refractivity contribution is 9.11. The van der Waals surface area contributed by atoms with E-state index in [4.69, 9.17) is 25.9 Å². The van der Waals surface area contributed by atoms with Crippen LogP contribution in [0.25, 0.3) is 18.2 Å². The summed E-state index contributed by atoms with van der Waals surface area (Å²) in [6.07, 6.45) is 14.5. The van der Waals surface area contributed by atoms with Crippen LogP contribution >= 0.6 is 119 Å². The number of fused-ring (bicyclic) bond motifs is 3. The minimum absolute atomic E-state index is 0. The van der Waals surface area contributed by atoms with Crippen molar-refractivity contribution in [2.75, 3.05) is 21.7 Å². The van der Waals surface area contributed by atoms with Crippen LogP contribution in [-0.2, 0) is 80.8 Å². The third-order valence-electron chi connectivity index (χ3n) is 20.5. The number of rotatable bonds is 22. The van der Waals surface area contributed by atoms with E-state index in [1.165, 1.54) is 86.0 Å². The van der Waals surface area contributed by atoms with Crippen molar-refractivity contribution < 1.29 is 39.8 Å². The molecule has 0 saturated heterocycles. The summed E-state index contributed by atoms with van der Waals surface area (Å²) in [6.45, 7) is 12.1. The Labute approximate surface area is 765 Å². The number of nitrogens with two attached hydrogens (primary N) is 1. The first-order valence-electron chi connectivity index (χ1n) is 37.9. The fourth-order valence-corrected chi connectivity index (χ4v) is 20.1. The van der Waals surface area contributed by atoms with Crippen molar-refractivity contribution in [3.05, 3.63) is 361 Å². The van der Waals surface area contributed by atoms with Crippen molar-refractivity contribution in [3.8, 4) is 17.2 Å². The van der Waals surface area contributed by atoms with Gasteiger partial charge in [0.1, 0.15) is 30.5 Å². The van der Waals surface area contributed by atoms with E-state index in [0.29, 0.717) is 30.6 Å². The molecule has 0 saturated carbocycles. The molecular weight excluding hydrogens is 1990 g/mol. The summed E-state index contributed by atoms with van der Waals surface area (Å²) in [6, 6.07) is 69.1. The molecule has 1 heterocycles. The van der Waals surface area contributed by atoms with Gasteiger partial charge < -0.3 is 25.6 Å². The first kappa shape index (κ1) is 97.2. The Bertz CT molecular complexity index is 5690. The molecule has 6 N–H and O–H groups in total. The molecule has 3 unspecified atom stereocenters. The molecule has 3 aliphatic rings. The SMILES string of the molecule is C.C.Cc1c(Br)cc(CC2NCCc3cc(O)c(NS(=O)(=O)/C=C/c4ccccc4)cc32)cc1Br.Cc1ccc(COc2cc3c(cc2N)C(Cc2cc(Br)c(C)c(Br)c2)CCC3)cc1.Cc1ccc(COc2cc3c(cc2NS(=O)(=O)/C=C/c2ccccc2)C(Cc2cc(Br)c(C)c(Br)c2)CCC3)cc1.Cl.O=S(=O)(Cl)/C=C/c1ccccc1. The Morgan fingerprint density at radius 1 is 0.445 bits per heavy atom. The normalized spacial score (nSPS) is 14.8. The number of nitrogen functional groups attached to an aromatic ring is 1. The number of phenolic OH excluding ortho intramolecular Hbond substituents is 1. The number of sulfonamides is 2.